The fraction of sp³-hybridized carbons (Fsp3) is 0.348. The summed E-state index contributed by atoms with van der Waals surface area (Å²) in [7, 11) is 1.91. The Kier molecular flexibility index (Phi) is 6.06. The van der Waals surface area contributed by atoms with Crippen LogP contribution in [0.5, 0.6) is 0 Å². The van der Waals surface area contributed by atoms with Crippen LogP contribution in [0.2, 0.25) is 0 Å². The van der Waals surface area contributed by atoms with E-state index in [0.29, 0.717) is 12.4 Å². The number of aryl methyl sites for hydroxylation is 2. The molecule has 1 amide bonds. The third-order valence-corrected chi connectivity index (χ3v) is 5.72. The normalized spacial score (nSPS) is 16.6. The van der Waals surface area contributed by atoms with Crippen LogP contribution >= 0.6 is 0 Å². The molecule has 3 aromatic rings. The number of carbonyl (C=O) groups is 1. The maximum atomic E-state index is 12.9. The molecule has 0 radical (unpaired) electrons. The number of aromatic nitrogens is 5. The zero-order valence-corrected chi connectivity index (χ0v) is 18.1. The summed E-state index contributed by atoms with van der Waals surface area (Å²) in [5.41, 5.74) is 3.84. The monoisotopic (exact) mass is 417 g/mol. The molecule has 0 unspecified atom stereocenters. The van der Waals surface area contributed by atoms with Gasteiger partial charge in [-0.1, -0.05) is 6.07 Å². The van der Waals surface area contributed by atoms with Crippen LogP contribution in [0.4, 0.5) is 11.6 Å². The molecule has 0 aliphatic carbocycles. The SMILES string of the molecule is Cc1nn(C)c(C)c1/C=C/C(=O)N1CCC[C@@H](c2nccnc2Nc2ccccn2)C1. The van der Waals surface area contributed by atoms with Crippen molar-refractivity contribution in [2.24, 2.45) is 7.05 Å². The highest BCUT2D eigenvalue weighted by Gasteiger charge is 2.27. The molecule has 31 heavy (non-hydrogen) atoms. The Morgan fingerprint density at radius 3 is 2.74 bits per heavy atom. The summed E-state index contributed by atoms with van der Waals surface area (Å²) in [6, 6.07) is 5.68. The van der Waals surface area contributed by atoms with Gasteiger partial charge in [-0.2, -0.15) is 5.10 Å². The van der Waals surface area contributed by atoms with Gasteiger partial charge in [0.1, 0.15) is 5.82 Å². The average Bonchev–Trinajstić information content (AvgIpc) is 3.04. The summed E-state index contributed by atoms with van der Waals surface area (Å²) in [6.07, 6.45) is 10.5. The van der Waals surface area contributed by atoms with Gasteiger partial charge in [0.2, 0.25) is 5.91 Å². The van der Waals surface area contributed by atoms with Gasteiger partial charge in [0.25, 0.3) is 0 Å². The number of hydrogen-bond donors (Lipinski definition) is 1. The summed E-state index contributed by atoms with van der Waals surface area (Å²) in [5.74, 6) is 1.54. The second kappa shape index (κ2) is 9.07. The lowest BCUT2D eigenvalue weighted by Crippen LogP contribution is -2.38. The van der Waals surface area contributed by atoms with Gasteiger partial charge in [-0.15, -0.1) is 0 Å². The van der Waals surface area contributed by atoms with E-state index in [1.165, 1.54) is 0 Å². The molecule has 0 spiro atoms. The topological polar surface area (TPSA) is 88.8 Å². The highest BCUT2D eigenvalue weighted by atomic mass is 16.2. The van der Waals surface area contributed by atoms with Gasteiger partial charge >= 0.3 is 0 Å². The van der Waals surface area contributed by atoms with E-state index < -0.39 is 0 Å². The molecule has 1 aliphatic heterocycles. The Balaban J connectivity index is 1.49. The Morgan fingerprint density at radius 2 is 2.00 bits per heavy atom. The first-order valence-electron chi connectivity index (χ1n) is 10.5. The number of pyridine rings is 1. The fourth-order valence-electron chi connectivity index (χ4n) is 3.99. The lowest BCUT2D eigenvalue weighted by molar-refractivity contribution is -0.127. The first-order chi connectivity index (χ1) is 15.0. The van der Waals surface area contributed by atoms with Gasteiger partial charge in [-0.3, -0.25) is 14.5 Å². The summed E-state index contributed by atoms with van der Waals surface area (Å²) < 4.78 is 1.83. The zero-order valence-electron chi connectivity index (χ0n) is 18.1. The number of anilines is 2. The number of nitrogens with one attached hydrogen (secondary N) is 1. The standard InChI is InChI=1S/C23H27N7O/c1-16-19(17(2)29(3)28-16)9-10-21(31)30-14-6-7-18(15-30)22-23(26-13-12-25-22)27-20-8-4-5-11-24-20/h4-5,8-13,18H,6-7,14-15H2,1-3H3,(H,24,26,27)/b10-9+/t18-/m1/s1. The van der Waals surface area contributed by atoms with Crippen molar-refractivity contribution in [2.75, 3.05) is 18.4 Å². The quantitative estimate of drug-likeness (QED) is 0.640. The van der Waals surface area contributed by atoms with Crippen LogP contribution in [0.3, 0.4) is 0 Å². The van der Waals surface area contributed by atoms with E-state index in [2.05, 4.69) is 25.4 Å². The minimum Gasteiger partial charge on any atom is -0.338 e. The molecule has 8 heteroatoms. The molecule has 1 aliphatic rings. The van der Waals surface area contributed by atoms with Crippen molar-refractivity contribution in [1.29, 1.82) is 0 Å². The lowest BCUT2D eigenvalue weighted by atomic mass is 9.94. The highest BCUT2D eigenvalue weighted by Crippen LogP contribution is 2.30. The zero-order chi connectivity index (χ0) is 21.8. The third kappa shape index (κ3) is 4.63. The van der Waals surface area contributed by atoms with E-state index in [0.717, 1.165) is 47.8 Å². The van der Waals surface area contributed by atoms with Gasteiger partial charge in [-0.05, 0) is 44.9 Å². The molecule has 0 saturated carbocycles. The minimum atomic E-state index is 0.00970. The van der Waals surface area contributed by atoms with Gasteiger partial charge in [0.15, 0.2) is 5.82 Å². The van der Waals surface area contributed by atoms with Crippen LogP contribution in [0.25, 0.3) is 6.08 Å². The fourth-order valence-corrected chi connectivity index (χ4v) is 3.99. The molecule has 0 bridgehead atoms. The summed E-state index contributed by atoms with van der Waals surface area (Å²) in [4.78, 5) is 28.2. The lowest BCUT2D eigenvalue weighted by Gasteiger charge is -2.32. The molecular formula is C23H27N7O. The summed E-state index contributed by atoms with van der Waals surface area (Å²) in [5, 5.41) is 7.67. The molecule has 3 aromatic heterocycles. The van der Waals surface area contributed by atoms with Crippen molar-refractivity contribution in [2.45, 2.75) is 32.6 Å². The van der Waals surface area contributed by atoms with Crippen molar-refractivity contribution in [3.05, 3.63) is 65.5 Å². The Bertz CT molecular complexity index is 1090. The number of piperidine rings is 1. The van der Waals surface area contributed by atoms with Gasteiger partial charge in [0.05, 0.1) is 11.4 Å². The molecule has 160 valence electrons. The number of carbonyl (C=O) groups excluding carboxylic acids is 1. The van der Waals surface area contributed by atoms with Crippen LogP contribution < -0.4 is 5.32 Å². The summed E-state index contributed by atoms with van der Waals surface area (Å²) in [6.45, 7) is 5.32. The van der Waals surface area contributed by atoms with Crippen molar-refractivity contribution < 1.29 is 4.79 Å². The average molecular weight is 418 g/mol. The van der Waals surface area contributed by atoms with Crippen LogP contribution in [0, 0.1) is 13.8 Å². The van der Waals surface area contributed by atoms with Crippen molar-refractivity contribution in [3.63, 3.8) is 0 Å². The van der Waals surface area contributed by atoms with Crippen LogP contribution in [-0.2, 0) is 11.8 Å². The van der Waals surface area contributed by atoms with Crippen LogP contribution in [0.15, 0.2) is 42.9 Å². The predicted octanol–water partition coefficient (Wildman–Crippen LogP) is 3.38. The predicted molar refractivity (Wildman–Crippen MR) is 120 cm³/mol. The summed E-state index contributed by atoms with van der Waals surface area (Å²) >= 11 is 0. The number of hydrogen-bond acceptors (Lipinski definition) is 6. The van der Waals surface area contributed by atoms with Gasteiger partial charge in [0, 0.05) is 62.0 Å². The first kappa shape index (κ1) is 20.7. The Hall–Kier alpha value is -3.55. The van der Waals surface area contributed by atoms with E-state index in [-0.39, 0.29) is 11.8 Å². The second-order valence-electron chi connectivity index (χ2n) is 7.80. The maximum absolute atomic E-state index is 12.9. The number of likely N-dealkylation sites (tertiary alicyclic amines) is 1. The second-order valence-corrected chi connectivity index (χ2v) is 7.80. The van der Waals surface area contributed by atoms with Gasteiger partial charge in [-0.25, -0.2) is 9.97 Å². The molecule has 8 nitrogen and oxygen atoms in total. The molecule has 4 heterocycles. The van der Waals surface area contributed by atoms with E-state index in [1.807, 2.05) is 54.8 Å². The molecule has 1 fully saturated rings. The molecule has 1 N–H and O–H groups in total. The number of amides is 1. The molecular weight excluding hydrogens is 390 g/mol. The number of nitrogens with zero attached hydrogens (tertiary/aromatic N) is 6. The Labute approximate surface area is 182 Å². The van der Waals surface area contributed by atoms with E-state index in [9.17, 15) is 4.79 Å². The smallest absolute Gasteiger partial charge is 0.246 e. The maximum Gasteiger partial charge on any atom is 0.246 e. The van der Waals surface area contributed by atoms with Crippen molar-refractivity contribution in [1.82, 2.24) is 29.6 Å². The van der Waals surface area contributed by atoms with Gasteiger partial charge < -0.3 is 10.2 Å². The van der Waals surface area contributed by atoms with E-state index in [4.69, 9.17) is 0 Å². The highest BCUT2D eigenvalue weighted by molar-refractivity contribution is 5.92. The van der Waals surface area contributed by atoms with Crippen molar-refractivity contribution >= 4 is 23.6 Å². The molecule has 1 saturated heterocycles. The van der Waals surface area contributed by atoms with Crippen LogP contribution in [-0.4, -0.2) is 48.6 Å². The molecule has 1 atom stereocenters. The van der Waals surface area contributed by atoms with Crippen LogP contribution in [0.1, 0.15) is 41.4 Å². The Morgan fingerprint density at radius 1 is 1.16 bits per heavy atom. The largest absolute Gasteiger partial charge is 0.338 e. The van der Waals surface area contributed by atoms with Crippen molar-refractivity contribution in [3.8, 4) is 0 Å². The third-order valence-electron chi connectivity index (χ3n) is 5.72. The number of rotatable bonds is 5. The molecule has 0 aromatic carbocycles. The van der Waals surface area contributed by atoms with E-state index >= 15 is 0 Å². The van der Waals surface area contributed by atoms with E-state index in [1.54, 1.807) is 24.7 Å². The molecule has 4 rings (SSSR count). The minimum absolute atomic E-state index is 0.00970. The first-order valence-corrected chi connectivity index (χ1v) is 10.5.